The van der Waals surface area contributed by atoms with E-state index >= 15 is 0 Å². The van der Waals surface area contributed by atoms with E-state index in [0.29, 0.717) is 24.5 Å². The molecule has 21 heavy (non-hydrogen) atoms. The molecule has 0 fully saturated rings. The van der Waals surface area contributed by atoms with Crippen molar-refractivity contribution in [1.29, 1.82) is 0 Å². The van der Waals surface area contributed by atoms with Gasteiger partial charge < -0.3 is 10.1 Å². The quantitative estimate of drug-likeness (QED) is 0.881. The first-order chi connectivity index (χ1) is 10.2. The number of ether oxygens (including phenoxy) is 1. The predicted molar refractivity (Wildman–Crippen MR) is 83.5 cm³/mol. The fourth-order valence-electron chi connectivity index (χ4n) is 2.12. The van der Waals surface area contributed by atoms with Crippen LogP contribution in [-0.2, 0) is 4.79 Å². The van der Waals surface area contributed by atoms with Crippen LogP contribution in [0.25, 0.3) is 0 Å². The Morgan fingerprint density at radius 2 is 2.10 bits per heavy atom. The van der Waals surface area contributed by atoms with Crippen molar-refractivity contribution >= 4 is 11.6 Å². The van der Waals surface area contributed by atoms with Crippen molar-refractivity contribution in [2.24, 2.45) is 0 Å². The molecule has 0 aliphatic carbocycles. The topological polar surface area (TPSA) is 51.2 Å². The lowest BCUT2D eigenvalue weighted by Crippen LogP contribution is -2.15. The summed E-state index contributed by atoms with van der Waals surface area (Å²) in [6.45, 7) is 4.51. The minimum atomic E-state index is -0.0292. The van der Waals surface area contributed by atoms with Crippen LogP contribution in [0, 0.1) is 0 Å². The van der Waals surface area contributed by atoms with E-state index in [0.717, 1.165) is 5.56 Å². The third-order valence-corrected chi connectivity index (χ3v) is 3.21. The number of anilines is 1. The summed E-state index contributed by atoms with van der Waals surface area (Å²) in [5, 5.41) is 2.91. The third-order valence-electron chi connectivity index (χ3n) is 3.21. The number of nitrogens with one attached hydrogen (secondary N) is 1. The molecular formula is C17H20N2O2. The van der Waals surface area contributed by atoms with Crippen molar-refractivity contribution < 1.29 is 9.53 Å². The average Bonchev–Trinajstić information content (AvgIpc) is 2.50. The maximum Gasteiger partial charge on any atom is 0.225 e. The van der Waals surface area contributed by atoms with Gasteiger partial charge in [-0.25, -0.2) is 0 Å². The van der Waals surface area contributed by atoms with Gasteiger partial charge >= 0.3 is 0 Å². The lowest BCUT2D eigenvalue weighted by Gasteiger charge is -2.14. The summed E-state index contributed by atoms with van der Waals surface area (Å²) in [5.41, 5.74) is 1.77. The van der Waals surface area contributed by atoms with E-state index in [2.05, 4.69) is 10.3 Å². The van der Waals surface area contributed by atoms with Crippen molar-refractivity contribution in [3.63, 3.8) is 0 Å². The number of rotatable bonds is 6. The molecule has 1 atom stereocenters. The van der Waals surface area contributed by atoms with Crippen molar-refractivity contribution in [3.05, 3.63) is 54.4 Å². The van der Waals surface area contributed by atoms with Gasteiger partial charge in [0.1, 0.15) is 5.75 Å². The maximum atomic E-state index is 12.2. The molecule has 1 aromatic carbocycles. The number of carbonyl (C=O) groups excluding carboxylic acids is 1. The van der Waals surface area contributed by atoms with Crippen molar-refractivity contribution in [3.8, 4) is 5.75 Å². The number of nitrogens with zero attached hydrogens (tertiary/aromatic N) is 1. The van der Waals surface area contributed by atoms with Crippen LogP contribution < -0.4 is 10.1 Å². The first-order valence-corrected chi connectivity index (χ1v) is 7.12. The van der Waals surface area contributed by atoms with Crippen molar-refractivity contribution in [1.82, 2.24) is 4.98 Å². The second kappa shape index (κ2) is 7.43. The van der Waals surface area contributed by atoms with E-state index < -0.39 is 0 Å². The Morgan fingerprint density at radius 3 is 2.81 bits per heavy atom. The molecule has 4 nitrogen and oxygen atoms in total. The van der Waals surface area contributed by atoms with Gasteiger partial charge in [-0.05, 0) is 36.6 Å². The van der Waals surface area contributed by atoms with Crippen molar-refractivity contribution in [2.75, 3.05) is 11.9 Å². The zero-order chi connectivity index (χ0) is 15.1. The average molecular weight is 284 g/mol. The molecular weight excluding hydrogens is 264 g/mol. The fourth-order valence-corrected chi connectivity index (χ4v) is 2.12. The highest BCUT2D eigenvalue weighted by Crippen LogP contribution is 2.25. The molecule has 0 saturated carbocycles. The molecule has 110 valence electrons. The van der Waals surface area contributed by atoms with Crippen LogP contribution in [0.3, 0.4) is 0 Å². The van der Waals surface area contributed by atoms with Gasteiger partial charge in [-0.1, -0.05) is 25.1 Å². The lowest BCUT2D eigenvalue weighted by atomic mass is 9.99. The Bertz CT molecular complexity index is 584. The number of para-hydroxylation sites is 2. The van der Waals surface area contributed by atoms with Gasteiger partial charge in [0.25, 0.3) is 0 Å². The molecule has 0 aliphatic rings. The largest absolute Gasteiger partial charge is 0.492 e. The molecule has 0 saturated heterocycles. The Hall–Kier alpha value is -2.36. The summed E-state index contributed by atoms with van der Waals surface area (Å²) >= 11 is 0. The highest BCUT2D eigenvalue weighted by atomic mass is 16.5. The first kappa shape index (κ1) is 15.0. The van der Waals surface area contributed by atoms with Crippen LogP contribution in [0.15, 0.2) is 48.8 Å². The van der Waals surface area contributed by atoms with Crippen LogP contribution >= 0.6 is 0 Å². The summed E-state index contributed by atoms with van der Waals surface area (Å²) in [5.74, 6) is 0.791. The van der Waals surface area contributed by atoms with Crippen LogP contribution in [0.4, 0.5) is 5.69 Å². The van der Waals surface area contributed by atoms with E-state index in [-0.39, 0.29) is 11.8 Å². The van der Waals surface area contributed by atoms with Crippen LogP contribution in [-0.4, -0.2) is 17.5 Å². The number of benzene rings is 1. The summed E-state index contributed by atoms with van der Waals surface area (Å²) in [7, 11) is 0. The third kappa shape index (κ3) is 4.31. The number of carbonyl (C=O) groups is 1. The molecule has 4 heteroatoms. The summed E-state index contributed by atoms with van der Waals surface area (Å²) < 4.78 is 5.50. The SMILES string of the molecule is CCOc1ccccc1NC(=O)CC(C)c1cccnc1. The minimum absolute atomic E-state index is 0.0292. The fraction of sp³-hybridized carbons (Fsp3) is 0.294. The normalized spacial score (nSPS) is 11.7. The molecule has 1 aromatic heterocycles. The van der Waals surface area contributed by atoms with Crippen LogP contribution in [0.1, 0.15) is 31.7 Å². The lowest BCUT2D eigenvalue weighted by molar-refractivity contribution is -0.116. The highest BCUT2D eigenvalue weighted by molar-refractivity contribution is 5.92. The molecule has 0 aliphatic heterocycles. The first-order valence-electron chi connectivity index (χ1n) is 7.12. The zero-order valence-corrected chi connectivity index (χ0v) is 12.4. The summed E-state index contributed by atoms with van der Waals surface area (Å²) in [6, 6.07) is 11.3. The Morgan fingerprint density at radius 1 is 1.29 bits per heavy atom. The summed E-state index contributed by atoms with van der Waals surface area (Å²) in [4.78, 5) is 16.2. The van der Waals surface area contributed by atoms with Crippen LogP contribution in [0.5, 0.6) is 5.75 Å². The molecule has 1 N–H and O–H groups in total. The summed E-state index contributed by atoms with van der Waals surface area (Å²) in [6.07, 6.45) is 3.94. The van der Waals surface area contributed by atoms with Crippen LogP contribution in [0.2, 0.25) is 0 Å². The highest BCUT2D eigenvalue weighted by Gasteiger charge is 2.13. The molecule has 2 aromatic rings. The van der Waals surface area contributed by atoms with E-state index in [1.165, 1.54) is 0 Å². The molecule has 0 spiro atoms. The number of pyridine rings is 1. The maximum absolute atomic E-state index is 12.2. The van der Waals surface area contributed by atoms with Gasteiger partial charge in [0, 0.05) is 18.8 Å². The van der Waals surface area contributed by atoms with E-state index in [1.807, 2.05) is 50.2 Å². The second-order valence-corrected chi connectivity index (χ2v) is 4.87. The van der Waals surface area contributed by atoms with Gasteiger partial charge in [0.15, 0.2) is 0 Å². The molecule has 0 bridgehead atoms. The second-order valence-electron chi connectivity index (χ2n) is 4.87. The number of aromatic nitrogens is 1. The number of amides is 1. The molecule has 0 radical (unpaired) electrons. The smallest absolute Gasteiger partial charge is 0.225 e. The Balaban J connectivity index is 1.99. The van der Waals surface area contributed by atoms with Gasteiger partial charge in [0.2, 0.25) is 5.91 Å². The standard InChI is InChI=1S/C17H20N2O2/c1-3-21-16-9-5-4-8-15(16)19-17(20)11-13(2)14-7-6-10-18-12-14/h4-10,12-13H,3,11H2,1-2H3,(H,19,20). The van der Waals surface area contributed by atoms with Gasteiger partial charge in [-0.3, -0.25) is 9.78 Å². The number of hydrogen-bond donors (Lipinski definition) is 1. The van der Waals surface area contributed by atoms with Gasteiger partial charge in [0.05, 0.1) is 12.3 Å². The zero-order valence-electron chi connectivity index (χ0n) is 12.4. The monoisotopic (exact) mass is 284 g/mol. The van der Waals surface area contributed by atoms with Gasteiger partial charge in [-0.2, -0.15) is 0 Å². The van der Waals surface area contributed by atoms with E-state index in [9.17, 15) is 4.79 Å². The Labute approximate surface area is 125 Å². The minimum Gasteiger partial charge on any atom is -0.492 e. The predicted octanol–water partition coefficient (Wildman–Crippen LogP) is 3.61. The number of hydrogen-bond acceptors (Lipinski definition) is 3. The van der Waals surface area contributed by atoms with Crippen molar-refractivity contribution in [2.45, 2.75) is 26.2 Å². The molecule has 1 unspecified atom stereocenters. The molecule has 2 rings (SSSR count). The van der Waals surface area contributed by atoms with Gasteiger partial charge in [-0.15, -0.1) is 0 Å². The van der Waals surface area contributed by atoms with E-state index in [1.54, 1.807) is 12.4 Å². The molecule has 1 heterocycles. The Kier molecular flexibility index (Phi) is 5.32. The molecule has 1 amide bonds. The van der Waals surface area contributed by atoms with E-state index in [4.69, 9.17) is 4.74 Å².